The zero-order valence-corrected chi connectivity index (χ0v) is 16.2. The van der Waals surface area contributed by atoms with E-state index in [1.165, 1.54) is 0 Å². The van der Waals surface area contributed by atoms with Crippen molar-refractivity contribution in [2.45, 2.75) is 39.2 Å². The van der Waals surface area contributed by atoms with E-state index in [0.717, 1.165) is 47.7 Å². The highest BCUT2D eigenvalue weighted by Crippen LogP contribution is 2.27. The number of hydrogen-bond donors (Lipinski definition) is 1. The second kappa shape index (κ2) is 7.75. The van der Waals surface area contributed by atoms with Gasteiger partial charge in [-0.25, -0.2) is 4.79 Å². The van der Waals surface area contributed by atoms with Gasteiger partial charge in [-0.1, -0.05) is 27.5 Å². The first-order valence-corrected chi connectivity index (χ1v) is 9.08. The van der Waals surface area contributed by atoms with Gasteiger partial charge in [0.15, 0.2) is 0 Å². The van der Waals surface area contributed by atoms with Gasteiger partial charge < -0.3 is 15.0 Å². The van der Waals surface area contributed by atoms with Gasteiger partial charge in [0.05, 0.1) is 10.7 Å². The number of benzene rings is 1. The van der Waals surface area contributed by atoms with Crippen molar-refractivity contribution >= 4 is 39.3 Å². The Kier molecular flexibility index (Phi) is 6.20. The lowest BCUT2D eigenvalue weighted by atomic mass is 9.97. The molecular weight excluding hydrogens is 380 g/mol. The summed E-state index contributed by atoms with van der Waals surface area (Å²) in [6.07, 6.45) is 1.73. The van der Waals surface area contributed by atoms with Crippen LogP contribution in [0.25, 0.3) is 0 Å². The van der Waals surface area contributed by atoms with Crippen LogP contribution in [0.5, 0.6) is 0 Å². The monoisotopic (exact) mass is 402 g/mol. The summed E-state index contributed by atoms with van der Waals surface area (Å²) >= 11 is 9.64. The van der Waals surface area contributed by atoms with Crippen molar-refractivity contribution in [3.05, 3.63) is 27.7 Å². The van der Waals surface area contributed by atoms with Gasteiger partial charge in [0, 0.05) is 24.1 Å². The van der Waals surface area contributed by atoms with Crippen LogP contribution in [-0.2, 0) is 4.74 Å². The van der Waals surface area contributed by atoms with Crippen LogP contribution in [0.4, 0.5) is 10.5 Å². The minimum absolute atomic E-state index is 0.209. The summed E-state index contributed by atoms with van der Waals surface area (Å²) in [5.74, 6) is 0.531. The number of likely N-dealkylation sites (tertiary alicyclic amines) is 1. The molecule has 6 heteroatoms. The van der Waals surface area contributed by atoms with Crippen LogP contribution in [0.15, 0.2) is 22.7 Å². The third kappa shape index (κ3) is 5.88. The molecule has 0 aliphatic carbocycles. The molecule has 0 spiro atoms. The number of halogens is 2. The lowest BCUT2D eigenvalue weighted by molar-refractivity contribution is 0.0188. The Bertz CT molecular complexity index is 552. The molecule has 0 unspecified atom stereocenters. The second-order valence-corrected chi connectivity index (χ2v) is 8.24. The van der Waals surface area contributed by atoms with Gasteiger partial charge in [0.1, 0.15) is 5.60 Å². The van der Waals surface area contributed by atoms with Gasteiger partial charge in [-0.3, -0.25) is 0 Å². The zero-order chi connectivity index (χ0) is 17.0. The number of carbonyl (C=O) groups is 1. The molecule has 1 aliphatic rings. The molecule has 128 valence electrons. The molecule has 1 aromatic carbocycles. The SMILES string of the molecule is CC(C)(C)OC(=O)N1CCC(CNc2cc(Br)ccc2Cl)CC1. The Labute approximate surface area is 151 Å². The Balaban J connectivity index is 1.79. The zero-order valence-electron chi connectivity index (χ0n) is 13.9. The van der Waals surface area contributed by atoms with Crippen molar-refractivity contribution in [1.82, 2.24) is 4.90 Å². The molecule has 0 radical (unpaired) electrons. The highest BCUT2D eigenvalue weighted by atomic mass is 79.9. The quantitative estimate of drug-likeness (QED) is 0.757. The standard InChI is InChI=1S/C17H24BrClN2O2/c1-17(2,3)23-16(22)21-8-6-12(7-9-21)11-20-15-10-13(18)4-5-14(15)19/h4-5,10,12,20H,6-9,11H2,1-3H3. The van der Waals surface area contributed by atoms with Crippen LogP contribution in [-0.4, -0.2) is 36.2 Å². The fraction of sp³-hybridized carbons (Fsp3) is 0.588. The number of piperidine rings is 1. The third-order valence-corrected chi connectivity index (χ3v) is 4.60. The van der Waals surface area contributed by atoms with E-state index in [2.05, 4.69) is 21.2 Å². The maximum absolute atomic E-state index is 12.0. The minimum atomic E-state index is -0.438. The predicted octanol–water partition coefficient (Wildman–Crippen LogP) is 5.16. The predicted molar refractivity (Wildman–Crippen MR) is 98.2 cm³/mol. The molecule has 1 aliphatic heterocycles. The fourth-order valence-electron chi connectivity index (χ4n) is 2.53. The van der Waals surface area contributed by atoms with Crippen LogP contribution in [0.3, 0.4) is 0 Å². The third-order valence-electron chi connectivity index (χ3n) is 3.78. The highest BCUT2D eigenvalue weighted by Gasteiger charge is 2.26. The first-order valence-electron chi connectivity index (χ1n) is 7.91. The van der Waals surface area contributed by atoms with E-state index >= 15 is 0 Å². The van der Waals surface area contributed by atoms with E-state index < -0.39 is 5.60 Å². The Morgan fingerprint density at radius 2 is 2.04 bits per heavy atom. The van der Waals surface area contributed by atoms with E-state index in [1.54, 1.807) is 4.90 Å². The van der Waals surface area contributed by atoms with Crippen molar-refractivity contribution in [1.29, 1.82) is 0 Å². The van der Waals surface area contributed by atoms with Crippen molar-refractivity contribution in [2.75, 3.05) is 25.0 Å². The summed E-state index contributed by atoms with van der Waals surface area (Å²) in [5, 5.41) is 4.13. The van der Waals surface area contributed by atoms with Crippen LogP contribution >= 0.6 is 27.5 Å². The smallest absolute Gasteiger partial charge is 0.410 e. The molecule has 0 atom stereocenters. The number of rotatable bonds is 3. The number of carbonyl (C=O) groups excluding carboxylic acids is 1. The van der Waals surface area contributed by atoms with Crippen LogP contribution in [0.1, 0.15) is 33.6 Å². The maximum atomic E-state index is 12.0. The second-order valence-electron chi connectivity index (χ2n) is 6.92. The van der Waals surface area contributed by atoms with E-state index in [4.69, 9.17) is 16.3 Å². The van der Waals surface area contributed by atoms with Gasteiger partial charge in [-0.15, -0.1) is 0 Å². The molecule has 4 nitrogen and oxygen atoms in total. The minimum Gasteiger partial charge on any atom is -0.444 e. The average molecular weight is 404 g/mol. The number of nitrogens with zero attached hydrogens (tertiary/aromatic N) is 1. The molecule has 0 bridgehead atoms. The Morgan fingerprint density at radius 1 is 1.39 bits per heavy atom. The van der Waals surface area contributed by atoms with Crippen molar-refractivity contribution in [2.24, 2.45) is 5.92 Å². The molecule has 0 saturated carbocycles. The molecule has 1 amide bonds. The number of hydrogen-bond acceptors (Lipinski definition) is 3. The van der Waals surface area contributed by atoms with E-state index in [-0.39, 0.29) is 6.09 Å². The molecule has 0 aromatic heterocycles. The topological polar surface area (TPSA) is 41.6 Å². The molecule has 23 heavy (non-hydrogen) atoms. The molecule has 1 N–H and O–H groups in total. The molecule has 1 aromatic rings. The summed E-state index contributed by atoms with van der Waals surface area (Å²) in [5.41, 5.74) is 0.503. The summed E-state index contributed by atoms with van der Waals surface area (Å²) in [6.45, 7) is 8.02. The van der Waals surface area contributed by atoms with Gasteiger partial charge in [-0.05, 0) is 57.7 Å². The molecule has 1 saturated heterocycles. The van der Waals surface area contributed by atoms with E-state index in [9.17, 15) is 4.79 Å². The Hall–Kier alpha value is -0.940. The summed E-state index contributed by atoms with van der Waals surface area (Å²) in [6, 6.07) is 5.78. The van der Waals surface area contributed by atoms with Gasteiger partial charge in [0.2, 0.25) is 0 Å². The van der Waals surface area contributed by atoms with Gasteiger partial charge in [-0.2, -0.15) is 0 Å². The largest absolute Gasteiger partial charge is 0.444 e. The van der Waals surface area contributed by atoms with Crippen molar-refractivity contribution in [3.63, 3.8) is 0 Å². The lowest BCUT2D eigenvalue weighted by Gasteiger charge is -2.33. The van der Waals surface area contributed by atoms with Crippen LogP contribution in [0, 0.1) is 5.92 Å². The molecule has 2 rings (SSSR count). The maximum Gasteiger partial charge on any atom is 0.410 e. The average Bonchev–Trinajstić information content (AvgIpc) is 2.47. The summed E-state index contributed by atoms with van der Waals surface area (Å²) < 4.78 is 6.42. The van der Waals surface area contributed by atoms with Gasteiger partial charge in [0.25, 0.3) is 0 Å². The summed E-state index contributed by atoms with van der Waals surface area (Å²) in [7, 11) is 0. The van der Waals surface area contributed by atoms with Gasteiger partial charge >= 0.3 is 6.09 Å². The number of amides is 1. The fourth-order valence-corrected chi connectivity index (χ4v) is 3.08. The first-order chi connectivity index (χ1) is 10.7. The Morgan fingerprint density at radius 3 is 2.65 bits per heavy atom. The van der Waals surface area contributed by atoms with E-state index in [0.29, 0.717) is 5.92 Å². The van der Waals surface area contributed by atoms with E-state index in [1.807, 2.05) is 39.0 Å². The number of ether oxygens (including phenoxy) is 1. The highest BCUT2D eigenvalue weighted by molar-refractivity contribution is 9.10. The first kappa shape index (κ1) is 18.4. The van der Waals surface area contributed by atoms with Crippen LogP contribution in [0.2, 0.25) is 5.02 Å². The number of anilines is 1. The molecule has 1 fully saturated rings. The molecular formula is C17H24BrClN2O2. The summed E-state index contributed by atoms with van der Waals surface area (Å²) in [4.78, 5) is 13.8. The van der Waals surface area contributed by atoms with Crippen LogP contribution < -0.4 is 5.32 Å². The lowest BCUT2D eigenvalue weighted by Crippen LogP contribution is -2.42. The molecule has 1 heterocycles. The number of nitrogens with one attached hydrogen (secondary N) is 1. The van der Waals surface area contributed by atoms with Crippen molar-refractivity contribution < 1.29 is 9.53 Å². The normalized spacial score (nSPS) is 16.3. The van der Waals surface area contributed by atoms with Crippen molar-refractivity contribution in [3.8, 4) is 0 Å².